The first-order chi connectivity index (χ1) is 11.0. The number of carbonyl (C=O) groups is 2. The molecule has 0 aliphatic carbocycles. The molecule has 0 radical (unpaired) electrons. The highest BCUT2D eigenvalue weighted by Gasteiger charge is 2.05. The van der Waals surface area contributed by atoms with Crippen LogP contribution in [0.3, 0.4) is 0 Å². The average Bonchev–Trinajstić information content (AvgIpc) is 2.56. The molecule has 3 nitrogen and oxygen atoms in total. The topological polar surface area (TPSA) is 43.4 Å². The molecule has 0 heterocycles. The molecule has 0 saturated carbocycles. The molecule has 0 amide bonds. The predicted octanol–water partition coefficient (Wildman–Crippen LogP) is 5.20. The predicted molar refractivity (Wildman–Crippen MR) is 92.2 cm³/mol. The summed E-state index contributed by atoms with van der Waals surface area (Å²) in [5.41, 5.74) is 1.33. The van der Waals surface area contributed by atoms with Gasteiger partial charge in [-0.05, 0) is 48.0 Å². The fourth-order valence-electron chi connectivity index (χ4n) is 1.84. The Morgan fingerprint density at radius 2 is 1.74 bits per heavy atom. The molecule has 0 unspecified atom stereocenters. The third kappa shape index (κ3) is 4.95. The number of rotatable bonds is 5. The Balaban J connectivity index is 2.00. The van der Waals surface area contributed by atoms with Gasteiger partial charge in [0.1, 0.15) is 5.75 Å². The van der Waals surface area contributed by atoms with Gasteiger partial charge in [-0.1, -0.05) is 36.2 Å². The van der Waals surface area contributed by atoms with Gasteiger partial charge >= 0.3 is 5.97 Å². The van der Waals surface area contributed by atoms with E-state index in [0.717, 1.165) is 5.56 Å². The van der Waals surface area contributed by atoms with Crippen LogP contribution in [0.4, 0.5) is 0 Å². The van der Waals surface area contributed by atoms with Crippen LogP contribution >= 0.6 is 23.2 Å². The minimum Gasteiger partial charge on any atom is -0.423 e. The number of esters is 1. The lowest BCUT2D eigenvalue weighted by atomic mass is 10.1. The van der Waals surface area contributed by atoms with Gasteiger partial charge in [-0.2, -0.15) is 0 Å². The van der Waals surface area contributed by atoms with Gasteiger partial charge in [0, 0.05) is 18.1 Å². The lowest BCUT2D eigenvalue weighted by Crippen LogP contribution is -2.04. The number of benzene rings is 2. The Morgan fingerprint density at radius 1 is 1.04 bits per heavy atom. The second-order valence-corrected chi connectivity index (χ2v) is 5.54. The van der Waals surface area contributed by atoms with Crippen molar-refractivity contribution in [2.75, 3.05) is 0 Å². The summed E-state index contributed by atoms with van der Waals surface area (Å²) in [5, 5.41) is 0.867. The Kier molecular flexibility index (Phi) is 5.97. The first-order valence-corrected chi connectivity index (χ1v) is 7.73. The van der Waals surface area contributed by atoms with Crippen molar-refractivity contribution >= 4 is 41.0 Å². The fraction of sp³-hybridized carbons (Fsp3) is 0.111. The van der Waals surface area contributed by atoms with Gasteiger partial charge in [0.2, 0.25) is 0 Å². The molecule has 2 rings (SSSR count). The van der Waals surface area contributed by atoms with Crippen molar-refractivity contribution in [2.24, 2.45) is 0 Å². The van der Waals surface area contributed by atoms with Crippen LogP contribution in [0.5, 0.6) is 5.75 Å². The minimum absolute atomic E-state index is 0.0439. The van der Waals surface area contributed by atoms with Gasteiger partial charge < -0.3 is 4.74 Å². The second-order valence-electron chi connectivity index (χ2n) is 4.73. The summed E-state index contributed by atoms with van der Waals surface area (Å²) in [4.78, 5) is 23.3. The first kappa shape index (κ1) is 17.3. The molecule has 0 aliphatic heterocycles. The highest BCUT2D eigenvalue weighted by atomic mass is 35.5. The summed E-state index contributed by atoms with van der Waals surface area (Å²) in [5.74, 6) is -0.102. The van der Waals surface area contributed by atoms with Crippen molar-refractivity contribution in [3.63, 3.8) is 0 Å². The van der Waals surface area contributed by atoms with Gasteiger partial charge in [-0.3, -0.25) is 4.79 Å². The van der Waals surface area contributed by atoms with E-state index in [1.54, 1.807) is 55.5 Å². The summed E-state index contributed by atoms with van der Waals surface area (Å²) < 4.78 is 5.16. The number of ketones is 1. The van der Waals surface area contributed by atoms with E-state index < -0.39 is 5.97 Å². The molecule has 2 aromatic carbocycles. The van der Waals surface area contributed by atoms with Gasteiger partial charge in [0.25, 0.3) is 0 Å². The second kappa shape index (κ2) is 7.95. The van der Waals surface area contributed by atoms with Gasteiger partial charge in [-0.15, -0.1) is 0 Å². The van der Waals surface area contributed by atoms with E-state index in [-0.39, 0.29) is 5.78 Å². The number of ether oxygens (including phenoxy) is 1. The molecule has 5 heteroatoms. The average molecular weight is 349 g/mol. The van der Waals surface area contributed by atoms with Crippen molar-refractivity contribution < 1.29 is 14.3 Å². The van der Waals surface area contributed by atoms with Gasteiger partial charge in [0.15, 0.2) is 5.78 Å². The minimum atomic E-state index is -0.523. The van der Waals surface area contributed by atoms with E-state index in [4.69, 9.17) is 27.9 Å². The molecule has 0 bridgehead atoms. The number of Topliss-reactive ketones (excluding diaryl/α,β-unsaturated/α-hetero) is 1. The van der Waals surface area contributed by atoms with Crippen LogP contribution in [-0.4, -0.2) is 11.8 Å². The lowest BCUT2D eigenvalue weighted by Gasteiger charge is -2.03. The van der Waals surface area contributed by atoms with Crippen LogP contribution in [0.25, 0.3) is 6.08 Å². The van der Waals surface area contributed by atoms with Crippen LogP contribution in [0, 0.1) is 0 Å². The highest BCUT2D eigenvalue weighted by molar-refractivity contribution is 6.42. The van der Waals surface area contributed by atoms with Crippen molar-refractivity contribution in [1.29, 1.82) is 0 Å². The zero-order valence-corrected chi connectivity index (χ0v) is 13.9. The van der Waals surface area contributed by atoms with E-state index >= 15 is 0 Å². The Bertz CT molecular complexity index is 749. The maximum atomic E-state index is 11.8. The molecule has 0 aromatic heterocycles. The van der Waals surface area contributed by atoms with Crippen molar-refractivity contribution in [1.82, 2.24) is 0 Å². The standard InChI is InChI=1S/C18H14Cl2O3/c1-2-17(21)13-5-7-14(8-6-13)23-18(22)10-4-12-3-9-15(19)16(20)11-12/h3-11H,2H2,1H3/b10-4+. The maximum absolute atomic E-state index is 11.8. The molecule has 0 N–H and O–H groups in total. The summed E-state index contributed by atoms with van der Waals surface area (Å²) in [6.45, 7) is 1.80. The lowest BCUT2D eigenvalue weighted by molar-refractivity contribution is -0.128. The molecule has 0 atom stereocenters. The van der Waals surface area contributed by atoms with Crippen molar-refractivity contribution in [2.45, 2.75) is 13.3 Å². The van der Waals surface area contributed by atoms with Crippen LogP contribution in [0.2, 0.25) is 10.0 Å². The van der Waals surface area contributed by atoms with E-state index in [1.807, 2.05) is 0 Å². The smallest absolute Gasteiger partial charge is 0.336 e. The number of hydrogen-bond acceptors (Lipinski definition) is 3. The molecule has 118 valence electrons. The van der Waals surface area contributed by atoms with Crippen molar-refractivity contribution in [3.05, 3.63) is 69.7 Å². The molecule has 0 saturated heterocycles. The monoisotopic (exact) mass is 348 g/mol. The van der Waals surface area contributed by atoms with E-state index in [9.17, 15) is 9.59 Å². The quantitative estimate of drug-likeness (QED) is 0.322. The van der Waals surface area contributed by atoms with E-state index in [2.05, 4.69) is 0 Å². The number of hydrogen-bond donors (Lipinski definition) is 0. The summed E-state index contributed by atoms with van der Waals surface area (Å²) >= 11 is 11.7. The van der Waals surface area contributed by atoms with Crippen LogP contribution in [-0.2, 0) is 4.79 Å². The summed E-state index contributed by atoms with van der Waals surface area (Å²) in [6.07, 6.45) is 3.32. The zero-order valence-electron chi connectivity index (χ0n) is 12.4. The molecular weight excluding hydrogens is 335 g/mol. The van der Waals surface area contributed by atoms with Gasteiger partial charge in [0.05, 0.1) is 10.0 Å². The summed E-state index contributed by atoms with van der Waals surface area (Å²) in [6, 6.07) is 11.5. The maximum Gasteiger partial charge on any atom is 0.336 e. The normalized spacial score (nSPS) is 10.7. The van der Waals surface area contributed by atoms with Crippen LogP contribution in [0.15, 0.2) is 48.5 Å². The summed E-state index contributed by atoms with van der Waals surface area (Å²) in [7, 11) is 0. The fourth-order valence-corrected chi connectivity index (χ4v) is 2.15. The third-order valence-corrected chi connectivity index (χ3v) is 3.81. The Morgan fingerprint density at radius 3 is 2.35 bits per heavy atom. The molecule has 23 heavy (non-hydrogen) atoms. The number of halogens is 2. The van der Waals surface area contributed by atoms with Crippen molar-refractivity contribution in [3.8, 4) is 5.75 Å². The molecular formula is C18H14Cl2O3. The third-order valence-electron chi connectivity index (χ3n) is 3.07. The SMILES string of the molecule is CCC(=O)c1ccc(OC(=O)/C=C/c2ccc(Cl)c(Cl)c2)cc1. The van der Waals surface area contributed by atoms with E-state index in [0.29, 0.717) is 27.8 Å². The first-order valence-electron chi connectivity index (χ1n) is 6.98. The highest BCUT2D eigenvalue weighted by Crippen LogP contribution is 2.23. The molecule has 0 aliphatic rings. The largest absolute Gasteiger partial charge is 0.423 e. The molecule has 0 spiro atoms. The van der Waals surface area contributed by atoms with Crippen LogP contribution in [0.1, 0.15) is 29.3 Å². The Hall–Kier alpha value is -2.10. The molecule has 2 aromatic rings. The zero-order chi connectivity index (χ0) is 16.8. The Labute approximate surface area is 144 Å². The number of carbonyl (C=O) groups excluding carboxylic acids is 2. The van der Waals surface area contributed by atoms with E-state index in [1.165, 1.54) is 6.08 Å². The van der Waals surface area contributed by atoms with Crippen LogP contribution < -0.4 is 4.74 Å². The molecule has 0 fully saturated rings. The van der Waals surface area contributed by atoms with Gasteiger partial charge in [-0.25, -0.2) is 4.79 Å².